The molecule has 0 amide bonds. The van der Waals surface area contributed by atoms with Gasteiger partial charge in [-0.1, -0.05) is 0 Å². The van der Waals surface area contributed by atoms with Gasteiger partial charge >= 0.3 is 0 Å². The molecule has 68 valence electrons. The van der Waals surface area contributed by atoms with Crippen LogP contribution in [0.5, 0.6) is 0 Å². The lowest BCUT2D eigenvalue weighted by Gasteiger charge is -2.31. The van der Waals surface area contributed by atoms with E-state index in [9.17, 15) is 0 Å². The molecular weight excluding hydrogens is 138 g/mol. The van der Waals surface area contributed by atoms with Crippen LogP contribution >= 0.6 is 0 Å². The highest BCUT2D eigenvalue weighted by atomic mass is 15.1. The molecule has 1 unspecified atom stereocenters. The zero-order valence-electron chi connectivity index (χ0n) is 8.36. The van der Waals surface area contributed by atoms with Gasteiger partial charge in [0.25, 0.3) is 0 Å². The first kappa shape index (κ1) is 10.9. The molecule has 0 rings (SSSR count). The highest BCUT2D eigenvalue weighted by molar-refractivity contribution is 4.85. The van der Waals surface area contributed by atoms with Gasteiger partial charge < -0.3 is 15.5 Å². The minimum atomic E-state index is 0.179. The maximum absolute atomic E-state index is 3.31. The smallest absolute Gasteiger partial charge is 0.0403 e. The summed E-state index contributed by atoms with van der Waals surface area (Å²) in [5, 5.41) is 6.48. The molecule has 0 aliphatic rings. The van der Waals surface area contributed by atoms with E-state index in [0.717, 1.165) is 13.1 Å². The molecule has 0 aliphatic heterocycles. The summed E-state index contributed by atoms with van der Waals surface area (Å²) in [4.78, 5) is 2.19. The van der Waals surface area contributed by atoms with Crippen molar-refractivity contribution in [1.82, 2.24) is 15.5 Å². The Bertz CT molecular complexity index is 104. The molecule has 0 bridgehead atoms. The van der Waals surface area contributed by atoms with Gasteiger partial charge in [0.15, 0.2) is 0 Å². The van der Waals surface area contributed by atoms with Crippen LogP contribution in [-0.2, 0) is 0 Å². The topological polar surface area (TPSA) is 27.3 Å². The molecule has 0 fully saturated rings. The van der Waals surface area contributed by atoms with Gasteiger partial charge in [0.05, 0.1) is 0 Å². The third kappa shape index (κ3) is 4.35. The summed E-state index contributed by atoms with van der Waals surface area (Å²) in [6.07, 6.45) is 0. The summed E-state index contributed by atoms with van der Waals surface area (Å²) in [5.74, 6) is 0. The first-order chi connectivity index (χ1) is 5.04. The molecule has 2 N–H and O–H groups in total. The third-order valence-corrected chi connectivity index (χ3v) is 1.84. The fourth-order valence-corrected chi connectivity index (χ4v) is 1.31. The first-order valence-corrected chi connectivity index (χ1v) is 4.02. The van der Waals surface area contributed by atoms with Crippen LogP contribution in [0.15, 0.2) is 0 Å². The first-order valence-electron chi connectivity index (χ1n) is 4.02. The van der Waals surface area contributed by atoms with Crippen LogP contribution in [0.2, 0.25) is 0 Å². The quantitative estimate of drug-likeness (QED) is 0.579. The van der Waals surface area contributed by atoms with Crippen molar-refractivity contribution in [2.24, 2.45) is 0 Å². The van der Waals surface area contributed by atoms with Gasteiger partial charge in [0, 0.05) is 18.6 Å². The summed E-state index contributed by atoms with van der Waals surface area (Å²) in [5.41, 5.74) is 0.179. The molecular formula is C8H21N3. The number of nitrogens with one attached hydrogen (secondary N) is 2. The van der Waals surface area contributed by atoms with E-state index in [0.29, 0.717) is 0 Å². The number of rotatable bonds is 5. The van der Waals surface area contributed by atoms with E-state index < -0.39 is 0 Å². The van der Waals surface area contributed by atoms with Crippen LogP contribution in [0.25, 0.3) is 0 Å². The third-order valence-electron chi connectivity index (χ3n) is 1.84. The predicted octanol–water partition coefficient (Wildman–Crippen LogP) is -0.254. The molecule has 0 saturated carbocycles. The molecule has 0 spiro atoms. The Hall–Kier alpha value is -0.120. The fraction of sp³-hybridized carbons (Fsp3) is 1.00. The van der Waals surface area contributed by atoms with Crippen molar-refractivity contribution in [3.05, 3.63) is 0 Å². The van der Waals surface area contributed by atoms with Crippen LogP contribution in [0.1, 0.15) is 6.92 Å². The van der Waals surface area contributed by atoms with Gasteiger partial charge in [-0.3, -0.25) is 0 Å². The summed E-state index contributed by atoms with van der Waals surface area (Å²) in [6, 6.07) is 0. The lowest BCUT2D eigenvalue weighted by atomic mass is 10.0. The fourth-order valence-electron chi connectivity index (χ4n) is 1.31. The molecule has 11 heavy (non-hydrogen) atoms. The second kappa shape index (κ2) is 4.70. The van der Waals surface area contributed by atoms with E-state index in [2.05, 4.69) is 36.6 Å². The molecule has 3 heteroatoms. The molecule has 0 aromatic rings. The lowest BCUT2D eigenvalue weighted by Crippen LogP contribution is -2.54. The van der Waals surface area contributed by atoms with Crippen molar-refractivity contribution >= 4 is 0 Å². The number of nitrogens with zero attached hydrogens (tertiary/aromatic N) is 1. The van der Waals surface area contributed by atoms with Crippen molar-refractivity contribution in [3.8, 4) is 0 Å². The van der Waals surface area contributed by atoms with E-state index >= 15 is 0 Å². The second-order valence-corrected chi connectivity index (χ2v) is 3.58. The van der Waals surface area contributed by atoms with E-state index in [1.54, 1.807) is 0 Å². The molecule has 0 radical (unpaired) electrons. The molecule has 0 aromatic heterocycles. The summed E-state index contributed by atoms with van der Waals surface area (Å²) >= 11 is 0. The van der Waals surface area contributed by atoms with E-state index in [1.807, 2.05) is 14.1 Å². The van der Waals surface area contributed by atoms with Crippen LogP contribution in [-0.4, -0.2) is 51.7 Å². The van der Waals surface area contributed by atoms with Crippen LogP contribution in [0.4, 0.5) is 0 Å². The van der Waals surface area contributed by atoms with Gasteiger partial charge in [-0.25, -0.2) is 0 Å². The van der Waals surface area contributed by atoms with Crippen molar-refractivity contribution in [3.63, 3.8) is 0 Å². The Balaban J connectivity index is 3.87. The predicted molar refractivity (Wildman–Crippen MR) is 49.9 cm³/mol. The molecule has 0 aliphatic carbocycles. The standard InChI is InChI=1S/C8H21N3/c1-8(10-3,6-9-2)7-11(4)5/h9-10H,6-7H2,1-5H3. The Morgan fingerprint density at radius 3 is 2.09 bits per heavy atom. The van der Waals surface area contributed by atoms with Crippen molar-refractivity contribution in [1.29, 1.82) is 0 Å². The van der Waals surface area contributed by atoms with Crippen molar-refractivity contribution in [2.75, 3.05) is 41.3 Å². The Morgan fingerprint density at radius 2 is 1.82 bits per heavy atom. The Morgan fingerprint density at radius 1 is 1.27 bits per heavy atom. The van der Waals surface area contributed by atoms with Gasteiger partial charge in [0.1, 0.15) is 0 Å². The summed E-state index contributed by atoms with van der Waals surface area (Å²) in [7, 11) is 8.16. The minimum absolute atomic E-state index is 0.179. The number of hydrogen-bond acceptors (Lipinski definition) is 3. The van der Waals surface area contributed by atoms with Gasteiger partial charge in [-0.2, -0.15) is 0 Å². The van der Waals surface area contributed by atoms with Crippen LogP contribution < -0.4 is 10.6 Å². The van der Waals surface area contributed by atoms with Crippen LogP contribution in [0, 0.1) is 0 Å². The monoisotopic (exact) mass is 159 g/mol. The number of hydrogen-bond donors (Lipinski definition) is 2. The SMILES string of the molecule is CNCC(C)(CN(C)C)NC. The van der Waals surface area contributed by atoms with Gasteiger partial charge in [0.2, 0.25) is 0 Å². The van der Waals surface area contributed by atoms with Crippen molar-refractivity contribution < 1.29 is 0 Å². The van der Waals surface area contributed by atoms with E-state index in [4.69, 9.17) is 0 Å². The van der Waals surface area contributed by atoms with Gasteiger partial charge in [-0.15, -0.1) is 0 Å². The molecule has 1 atom stereocenters. The second-order valence-electron chi connectivity index (χ2n) is 3.58. The minimum Gasteiger partial charge on any atom is -0.318 e. The maximum Gasteiger partial charge on any atom is 0.0403 e. The van der Waals surface area contributed by atoms with Crippen LogP contribution in [0.3, 0.4) is 0 Å². The van der Waals surface area contributed by atoms with E-state index in [1.165, 1.54) is 0 Å². The lowest BCUT2D eigenvalue weighted by molar-refractivity contribution is 0.259. The zero-order chi connectivity index (χ0) is 8.91. The average molecular weight is 159 g/mol. The Labute approximate surface area is 70.2 Å². The molecule has 0 heterocycles. The normalized spacial score (nSPS) is 16.9. The highest BCUT2D eigenvalue weighted by Gasteiger charge is 2.20. The highest BCUT2D eigenvalue weighted by Crippen LogP contribution is 2.01. The molecule has 0 saturated heterocycles. The summed E-state index contributed by atoms with van der Waals surface area (Å²) < 4.78 is 0. The molecule has 0 aromatic carbocycles. The van der Waals surface area contributed by atoms with E-state index in [-0.39, 0.29) is 5.54 Å². The average Bonchev–Trinajstić information content (AvgIpc) is 1.87. The number of likely N-dealkylation sites (N-methyl/N-ethyl adjacent to an activating group) is 3. The zero-order valence-corrected chi connectivity index (χ0v) is 8.36. The largest absolute Gasteiger partial charge is 0.318 e. The molecule has 3 nitrogen and oxygen atoms in total. The Kier molecular flexibility index (Phi) is 4.65. The maximum atomic E-state index is 3.31. The van der Waals surface area contributed by atoms with Crippen molar-refractivity contribution in [2.45, 2.75) is 12.5 Å². The van der Waals surface area contributed by atoms with Gasteiger partial charge in [-0.05, 0) is 35.1 Å². The summed E-state index contributed by atoms with van der Waals surface area (Å²) in [6.45, 7) is 4.25.